The predicted octanol–water partition coefficient (Wildman–Crippen LogP) is 3.78. The fourth-order valence-corrected chi connectivity index (χ4v) is 3.53. The molecule has 1 aromatic heterocycles. The molecule has 3 rings (SSSR count). The first-order valence-corrected chi connectivity index (χ1v) is 9.15. The summed E-state index contributed by atoms with van der Waals surface area (Å²) in [5, 5.41) is 0. The Morgan fingerprint density at radius 2 is 1.64 bits per heavy atom. The predicted molar refractivity (Wildman–Crippen MR) is 100 cm³/mol. The number of nitrogens with zero attached hydrogens (tertiary/aromatic N) is 2. The number of hydrogen-bond donors (Lipinski definition) is 0. The summed E-state index contributed by atoms with van der Waals surface area (Å²) in [5.74, 6) is -0.112. The van der Waals surface area contributed by atoms with Gasteiger partial charge in [0.15, 0.2) is 0 Å². The highest BCUT2D eigenvalue weighted by molar-refractivity contribution is 5.95. The van der Waals surface area contributed by atoms with Gasteiger partial charge in [-0.15, -0.1) is 0 Å². The fraction of sp³-hybridized carbons (Fsp3) is 0.429. The minimum atomic E-state index is -0.189. The van der Waals surface area contributed by atoms with Crippen molar-refractivity contribution in [3.63, 3.8) is 0 Å². The van der Waals surface area contributed by atoms with Crippen LogP contribution in [0.1, 0.15) is 60.1 Å². The zero-order chi connectivity index (χ0) is 17.8. The molecule has 4 nitrogen and oxygen atoms in total. The van der Waals surface area contributed by atoms with Crippen molar-refractivity contribution < 1.29 is 4.79 Å². The Hall–Kier alpha value is -2.36. The first kappa shape index (κ1) is 17.5. The number of aromatic nitrogens is 1. The molecule has 1 amide bonds. The Labute approximate surface area is 149 Å². The van der Waals surface area contributed by atoms with E-state index in [9.17, 15) is 9.59 Å². The number of hydrogen-bond acceptors (Lipinski definition) is 2. The molecule has 25 heavy (non-hydrogen) atoms. The number of carbonyl (C=O) groups is 1. The zero-order valence-corrected chi connectivity index (χ0v) is 15.1. The Morgan fingerprint density at radius 3 is 2.28 bits per heavy atom. The quantitative estimate of drug-likeness (QED) is 0.855. The van der Waals surface area contributed by atoms with E-state index in [4.69, 9.17) is 0 Å². The van der Waals surface area contributed by atoms with Crippen LogP contribution in [0.25, 0.3) is 0 Å². The number of carbonyl (C=O) groups excluding carboxylic acids is 1. The molecule has 1 aliphatic rings. The number of rotatable bonds is 3. The molecule has 0 N–H and O–H groups in total. The van der Waals surface area contributed by atoms with Gasteiger partial charge in [-0.3, -0.25) is 9.59 Å². The van der Waals surface area contributed by atoms with Gasteiger partial charge >= 0.3 is 0 Å². The Morgan fingerprint density at radius 1 is 1.00 bits per heavy atom. The first-order valence-electron chi connectivity index (χ1n) is 9.15. The number of aryl methyl sites for hydroxylation is 1. The van der Waals surface area contributed by atoms with Gasteiger partial charge in [0.1, 0.15) is 5.56 Å². The summed E-state index contributed by atoms with van der Waals surface area (Å²) >= 11 is 0. The summed E-state index contributed by atoms with van der Waals surface area (Å²) < 4.78 is 1.67. The number of pyridine rings is 1. The van der Waals surface area contributed by atoms with Gasteiger partial charge in [0.05, 0.1) is 6.04 Å². The molecule has 132 valence electrons. The maximum absolute atomic E-state index is 13.1. The van der Waals surface area contributed by atoms with Gasteiger partial charge in [0, 0.05) is 19.3 Å². The van der Waals surface area contributed by atoms with Crippen LogP contribution < -0.4 is 5.56 Å². The molecule has 4 heteroatoms. The van der Waals surface area contributed by atoms with Crippen LogP contribution in [-0.2, 0) is 0 Å². The molecule has 1 aliphatic heterocycles. The molecule has 1 aromatic carbocycles. The molecule has 0 aliphatic carbocycles. The summed E-state index contributed by atoms with van der Waals surface area (Å²) in [6.45, 7) is 5.35. The lowest BCUT2D eigenvalue weighted by Gasteiger charge is -2.23. The maximum Gasteiger partial charge on any atom is 0.264 e. The third-order valence-corrected chi connectivity index (χ3v) is 5.13. The number of amides is 1. The average molecular weight is 338 g/mol. The van der Waals surface area contributed by atoms with Crippen molar-refractivity contribution in [2.24, 2.45) is 0 Å². The molecule has 0 spiro atoms. The van der Waals surface area contributed by atoms with Crippen LogP contribution in [0.5, 0.6) is 0 Å². The second-order valence-corrected chi connectivity index (χ2v) is 6.88. The van der Waals surface area contributed by atoms with E-state index in [1.807, 2.05) is 55.1 Å². The summed E-state index contributed by atoms with van der Waals surface area (Å²) in [7, 11) is 0. The van der Waals surface area contributed by atoms with Gasteiger partial charge in [-0.2, -0.15) is 0 Å². The van der Waals surface area contributed by atoms with E-state index in [1.165, 1.54) is 0 Å². The normalized spacial score (nSPS) is 16.3. The van der Waals surface area contributed by atoms with Gasteiger partial charge in [-0.1, -0.05) is 43.2 Å². The van der Waals surface area contributed by atoms with Crippen molar-refractivity contribution in [2.75, 3.05) is 13.1 Å². The number of likely N-dealkylation sites (tertiary alicyclic amines) is 1. The van der Waals surface area contributed by atoms with E-state index in [0.717, 1.165) is 49.9 Å². The van der Waals surface area contributed by atoms with Crippen LogP contribution in [0.3, 0.4) is 0 Å². The number of benzene rings is 1. The van der Waals surface area contributed by atoms with E-state index in [2.05, 4.69) is 0 Å². The molecule has 0 radical (unpaired) electrons. The lowest BCUT2D eigenvalue weighted by Crippen LogP contribution is -2.38. The molecule has 1 saturated heterocycles. The molecule has 1 fully saturated rings. The van der Waals surface area contributed by atoms with Crippen molar-refractivity contribution in [1.29, 1.82) is 0 Å². The molecular formula is C21H26N2O2. The van der Waals surface area contributed by atoms with Gasteiger partial charge in [0.2, 0.25) is 0 Å². The van der Waals surface area contributed by atoms with Gasteiger partial charge in [-0.05, 0) is 43.9 Å². The molecular weight excluding hydrogens is 312 g/mol. The van der Waals surface area contributed by atoms with Gasteiger partial charge in [0.25, 0.3) is 11.5 Å². The van der Waals surface area contributed by atoms with Gasteiger partial charge in [-0.25, -0.2) is 0 Å². The molecule has 0 saturated carbocycles. The van der Waals surface area contributed by atoms with E-state index in [-0.39, 0.29) is 17.5 Å². The SMILES string of the molecule is Cc1ccn(C(C)c2ccccc2)c(=O)c1C(=O)N1CCCCCC1. The second kappa shape index (κ2) is 7.68. The lowest BCUT2D eigenvalue weighted by molar-refractivity contribution is 0.0758. The fourth-order valence-electron chi connectivity index (χ4n) is 3.53. The van der Waals surface area contributed by atoms with Gasteiger partial charge < -0.3 is 9.47 Å². The molecule has 0 bridgehead atoms. The maximum atomic E-state index is 13.1. The molecule has 2 aromatic rings. The third kappa shape index (κ3) is 3.68. The lowest BCUT2D eigenvalue weighted by atomic mass is 10.1. The third-order valence-electron chi connectivity index (χ3n) is 5.13. The standard InChI is InChI=1S/C21H26N2O2/c1-16-12-15-23(17(2)18-10-6-5-7-11-18)21(25)19(16)20(24)22-13-8-3-4-9-14-22/h5-7,10-12,15,17H,3-4,8-9,13-14H2,1-2H3. The van der Waals surface area contributed by atoms with Crippen LogP contribution in [0.4, 0.5) is 0 Å². The highest BCUT2D eigenvalue weighted by Gasteiger charge is 2.24. The van der Waals surface area contributed by atoms with E-state index in [0.29, 0.717) is 5.56 Å². The summed E-state index contributed by atoms with van der Waals surface area (Å²) in [4.78, 5) is 28.0. The molecule has 2 heterocycles. The molecule has 1 unspecified atom stereocenters. The van der Waals surface area contributed by atoms with Crippen LogP contribution in [0.15, 0.2) is 47.4 Å². The Balaban J connectivity index is 1.97. The average Bonchev–Trinajstić information content (AvgIpc) is 2.91. The minimum Gasteiger partial charge on any atom is -0.338 e. The smallest absolute Gasteiger partial charge is 0.264 e. The molecule has 1 atom stereocenters. The topological polar surface area (TPSA) is 42.3 Å². The minimum absolute atomic E-state index is 0.106. The van der Waals surface area contributed by atoms with Crippen LogP contribution >= 0.6 is 0 Å². The zero-order valence-electron chi connectivity index (χ0n) is 15.1. The summed E-state index contributed by atoms with van der Waals surface area (Å²) in [6.07, 6.45) is 6.16. The van der Waals surface area contributed by atoms with E-state index >= 15 is 0 Å². The van der Waals surface area contributed by atoms with Crippen molar-refractivity contribution in [3.05, 3.63) is 69.6 Å². The van der Waals surface area contributed by atoms with E-state index in [1.54, 1.807) is 10.8 Å². The highest BCUT2D eigenvalue weighted by Crippen LogP contribution is 2.18. The van der Waals surface area contributed by atoms with Crippen molar-refractivity contribution in [3.8, 4) is 0 Å². The highest BCUT2D eigenvalue weighted by atomic mass is 16.2. The van der Waals surface area contributed by atoms with Crippen molar-refractivity contribution in [1.82, 2.24) is 9.47 Å². The van der Waals surface area contributed by atoms with Crippen LogP contribution in [0, 0.1) is 6.92 Å². The Bertz CT molecular complexity index is 787. The van der Waals surface area contributed by atoms with Crippen LogP contribution in [-0.4, -0.2) is 28.5 Å². The van der Waals surface area contributed by atoms with Crippen molar-refractivity contribution in [2.45, 2.75) is 45.6 Å². The monoisotopic (exact) mass is 338 g/mol. The summed E-state index contributed by atoms with van der Waals surface area (Å²) in [5.41, 5.74) is 1.95. The van der Waals surface area contributed by atoms with Crippen molar-refractivity contribution >= 4 is 5.91 Å². The first-order chi connectivity index (χ1) is 12.1. The summed E-state index contributed by atoms with van der Waals surface area (Å²) in [6, 6.07) is 11.7. The largest absolute Gasteiger partial charge is 0.338 e. The van der Waals surface area contributed by atoms with E-state index < -0.39 is 0 Å². The second-order valence-electron chi connectivity index (χ2n) is 6.88. The Kier molecular flexibility index (Phi) is 5.37. The van der Waals surface area contributed by atoms with Crippen LogP contribution in [0.2, 0.25) is 0 Å².